The average molecular weight is 530 g/mol. The molecule has 2 N–H and O–H groups in total. The Morgan fingerprint density at radius 2 is 1.93 bits per heavy atom. The number of hydrogen-bond acceptors (Lipinski definition) is 3. The normalized spacial score (nSPS) is 18.9. The number of nitrogens with zero attached hydrogens (tertiary/aromatic N) is 2. The minimum atomic E-state index is 0. The molecule has 0 spiro atoms. The number of halogens is 1. The van der Waals surface area contributed by atoms with Gasteiger partial charge >= 0.3 is 0 Å². The first-order valence-corrected chi connectivity index (χ1v) is 11.5. The van der Waals surface area contributed by atoms with Crippen molar-refractivity contribution < 1.29 is 9.21 Å². The molecule has 1 aliphatic heterocycles. The third kappa shape index (κ3) is 8.12. The molecule has 1 saturated carbocycles. The van der Waals surface area contributed by atoms with Crippen LogP contribution in [0.25, 0.3) is 0 Å². The number of aliphatic imine (C=N–C) groups is 1. The highest BCUT2D eigenvalue weighted by Crippen LogP contribution is 2.23. The summed E-state index contributed by atoms with van der Waals surface area (Å²) in [7, 11) is 0. The molecule has 2 heterocycles. The predicted molar refractivity (Wildman–Crippen MR) is 132 cm³/mol. The number of carbonyl (C=O) groups is 1. The van der Waals surface area contributed by atoms with E-state index in [1.807, 2.05) is 30.9 Å². The van der Waals surface area contributed by atoms with E-state index in [0.717, 1.165) is 63.1 Å². The van der Waals surface area contributed by atoms with E-state index in [-0.39, 0.29) is 35.8 Å². The fraction of sp³-hybridized carbons (Fsp3) is 0.739. The summed E-state index contributed by atoms with van der Waals surface area (Å²) in [6.45, 7) is 7.32. The Morgan fingerprint density at radius 1 is 1.20 bits per heavy atom. The molecular weight excluding hydrogens is 491 g/mol. The minimum absolute atomic E-state index is 0. The number of furan rings is 1. The maximum Gasteiger partial charge on any atom is 0.225 e. The molecular formula is C23H39IN4O2. The molecule has 1 amide bonds. The summed E-state index contributed by atoms with van der Waals surface area (Å²) < 4.78 is 5.44. The SMILES string of the molecule is CC(C)C(=O)N1CCC(NC(=NCC2CCCCC2)NCCc2ccco2)CC1.I. The van der Waals surface area contributed by atoms with E-state index < -0.39 is 0 Å². The van der Waals surface area contributed by atoms with E-state index in [9.17, 15) is 4.79 Å². The van der Waals surface area contributed by atoms with Crippen LogP contribution in [0.15, 0.2) is 27.8 Å². The lowest BCUT2D eigenvalue weighted by Crippen LogP contribution is -2.50. The van der Waals surface area contributed by atoms with Crippen LogP contribution in [0.5, 0.6) is 0 Å². The van der Waals surface area contributed by atoms with Gasteiger partial charge in [-0.05, 0) is 43.7 Å². The highest BCUT2D eigenvalue weighted by atomic mass is 127. The summed E-state index contributed by atoms with van der Waals surface area (Å²) >= 11 is 0. The summed E-state index contributed by atoms with van der Waals surface area (Å²) in [5.41, 5.74) is 0. The molecule has 2 aliphatic rings. The van der Waals surface area contributed by atoms with Crippen molar-refractivity contribution in [3.63, 3.8) is 0 Å². The molecule has 0 aromatic carbocycles. The van der Waals surface area contributed by atoms with E-state index in [1.165, 1.54) is 32.1 Å². The first-order valence-electron chi connectivity index (χ1n) is 11.5. The number of amides is 1. The van der Waals surface area contributed by atoms with Crippen LogP contribution in [-0.4, -0.2) is 49.0 Å². The maximum absolute atomic E-state index is 12.2. The van der Waals surface area contributed by atoms with Gasteiger partial charge in [0.1, 0.15) is 5.76 Å². The molecule has 0 unspecified atom stereocenters. The summed E-state index contributed by atoms with van der Waals surface area (Å²) in [6, 6.07) is 4.31. The van der Waals surface area contributed by atoms with E-state index in [0.29, 0.717) is 6.04 Å². The second kappa shape index (κ2) is 13.2. The quantitative estimate of drug-likeness (QED) is 0.315. The van der Waals surface area contributed by atoms with Crippen LogP contribution < -0.4 is 10.6 Å². The third-order valence-corrected chi connectivity index (χ3v) is 6.12. The summed E-state index contributed by atoms with van der Waals surface area (Å²) in [5.74, 6) is 2.97. The third-order valence-electron chi connectivity index (χ3n) is 6.12. The molecule has 1 aliphatic carbocycles. The van der Waals surface area contributed by atoms with Crippen LogP contribution >= 0.6 is 24.0 Å². The van der Waals surface area contributed by atoms with Gasteiger partial charge in [0.2, 0.25) is 5.91 Å². The summed E-state index contributed by atoms with van der Waals surface area (Å²) in [6.07, 6.45) is 11.2. The summed E-state index contributed by atoms with van der Waals surface area (Å²) in [5, 5.41) is 7.13. The van der Waals surface area contributed by atoms with Crippen LogP contribution in [0.1, 0.15) is 64.6 Å². The second-order valence-electron chi connectivity index (χ2n) is 8.85. The fourth-order valence-corrected chi connectivity index (χ4v) is 4.30. The zero-order chi connectivity index (χ0) is 20.5. The van der Waals surface area contributed by atoms with Crippen LogP contribution in [0.3, 0.4) is 0 Å². The van der Waals surface area contributed by atoms with E-state index in [2.05, 4.69) is 10.6 Å². The maximum atomic E-state index is 12.2. The van der Waals surface area contributed by atoms with Crippen LogP contribution in [-0.2, 0) is 11.2 Å². The van der Waals surface area contributed by atoms with Gasteiger partial charge in [-0.25, -0.2) is 0 Å². The molecule has 6 nitrogen and oxygen atoms in total. The number of guanidine groups is 1. The molecule has 7 heteroatoms. The lowest BCUT2D eigenvalue weighted by molar-refractivity contribution is -0.135. The standard InChI is InChI=1S/C23H38N4O2.HI/c1-18(2)22(28)27-14-11-20(12-15-27)26-23(24-13-10-21-9-6-16-29-21)25-17-19-7-4-3-5-8-19;/h6,9,16,18-20H,3-5,7-8,10-15,17H2,1-2H3,(H2,24,25,26);1H. The van der Waals surface area contributed by atoms with Crippen molar-refractivity contribution in [3.05, 3.63) is 24.2 Å². The Labute approximate surface area is 198 Å². The second-order valence-corrected chi connectivity index (χ2v) is 8.85. The number of piperidine rings is 1. The van der Waals surface area contributed by atoms with Crippen molar-refractivity contribution >= 4 is 35.8 Å². The lowest BCUT2D eigenvalue weighted by atomic mass is 9.89. The zero-order valence-corrected chi connectivity index (χ0v) is 20.9. The Bertz CT molecular complexity index is 634. The van der Waals surface area contributed by atoms with Crippen LogP contribution in [0, 0.1) is 11.8 Å². The van der Waals surface area contributed by atoms with Crippen LogP contribution in [0.4, 0.5) is 0 Å². The molecule has 2 fully saturated rings. The van der Waals surface area contributed by atoms with Gasteiger partial charge in [0.15, 0.2) is 5.96 Å². The number of rotatable bonds is 7. The fourth-order valence-electron chi connectivity index (χ4n) is 4.30. The number of hydrogen-bond donors (Lipinski definition) is 2. The van der Waals surface area contributed by atoms with Gasteiger partial charge in [0.25, 0.3) is 0 Å². The molecule has 0 radical (unpaired) electrons. The van der Waals surface area contributed by atoms with E-state index in [4.69, 9.17) is 9.41 Å². The molecule has 3 rings (SSSR count). The molecule has 1 aromatic rings. The van der Waals surface area contributed by atoms with Crippen molar-refractivity contribution in [2.24, 2.45) is 16.8 Å². The van der Waals surface area contributed by atoms with E-state index in [1.54, 1.807) is 6.26 Å². The number of nitrogens with one attached hydrogen (secondary N) is 2. The van der Waals surface area contributed by atoms with Gasteiger partial charge in [-0.1, -0.05) is 33.1 Å². The van der Waals surface area contributed by atoms with Gasteiger partial charge < -0.3 is 20.0 Å². The highest BCUT2D eigenvalue weighted by molar-refractivity contribution is 14.0. The van der Waals surface area contributed by atoms with Gasteiger partial charge in [0.05, 0.1) is 6.26 Å². The average Bonchev–Trinajstić information content (AvgIpc) is 3.26. The lowest BCUT2D eigenvalue weighted by Gasteiger charge is -2.34. The first-order chi connectivity index (χ1) is 14.1. The Morgan fingerprint density at radius 3 is 2.57 bits per heavy atom. The van der Waals surface area contributed by atoms with Gasteiger partial charge in [-0.2, -0.15) is 0 Å². The molecule has 30 heavy (non-hydrogen) atoms. The largest absolute Gasteiger partial charge is 0.469 e. The number of carbonyl (C=O) groups excluding carboxylic acids is 1. The predicted octanol–water partition coefficient (Wildman–Crippen LogP) is 4.20. The first kappa shape index (κ1) is 25.0. The minimum Gasteiger partial charge on any atom is -0.469 e. The highest BCUT2D eigenvalue weighted by Gasteiger charge is 2.25. The molecule has 1 saturated heterocycles. The monoisotopic (exact) mass is 530 g/mol. The topological polar surface area (TPSA) is 69.9 Å². The molecule has 170 valence electrons. The van der Waals surface area contributed by atoms with Crippen molar-refractivity contribution in [1.82, 2.24) is 15.5 Å². The Hall–Kier alpha value is -1.25. The van der Waals surface area contributed by atoms with E-state index >= 15 is 0 Å². The van der Waals surface area contributed by atoms with Crippen LogP contribution in [0.2, 0.25) is 0 Å². The Kier molecular flexibility index (Phi) is 11.0. The molecule has 0 atom stereocenters. The van der Waals surface area contributed by atoms with Gasteiger partial charge in [-0.15, -0.1) is 24.0 Å². The van der Waals surface area contributed by atoms with Crippen molar-refractivity contribution in [3.8, 4) is 0 Å². The van der Waals surface area contributed by atoms with Gasteiger partial charge in [0, 0.05) is 44.6 Å². The molecule has 0 bridgehead atoms. The van der Waals surface area contributed by atoms with Gasteiger partial charge in [-0.3, -0.25) is 9.79 Å². The Balaban J connectivity index is 0.00000320. The smallest absolute Gasteiger partial charge is 0.225 e. The summed E-state index contributed by atoms with van der Waals surface area (Å²) in [4.78, 5) is 19.2. The zero-order valence-electron chi connectivity index (χ0n) is 18.6. The van der Waals surface area contributed by atoms with Crippen molar-refractivity contribution in [1.29, 1.82) is 0 Å². The molecule has 1 aromatic heterocycles. The number of likely N-dealkylation sites (tertiary alicyclic amines) is 1. The van der Waals surface area contributed by atoms with Crippen molar-refractivity contribution in [2.45, 2.75) is 71.3 Å². The van der Waals surface area contributed by atoms with Crippen molar-refractivity contribution in [2.75, 3.05) is 26.2 Å².